The van der Waals surface area contributed by atoms with Crippen molar-refractivity contribution < 1.29 is 27.5 Å². The van der Waals surface area contributed by atoms with E-state index in [9.17, 15) is 27.6 Å². The number of esters is 1. The number of ether oxygens (including phenoxy) is 2. The van der Waals surface area contributed by atoms with Gasteiger partial charge in [0.25, 0.3) is 15.6 Å². The summed E-state index contributed by atoms with van der Waals surface area (Å²) in [6, 6.07) is 4.68. The number of methoxy groups -OCH3 is 2. The standard InChI is InChI=1S/C20H23N5O8S/c1-11(2)12-9-16-14(8-13(12)15-6-7-21-23(15)3)18(27)25(19(28)24(16)20(29)33-5)22-34(30,31)10-17(26)32-4/h6-9,11,22H,10H2,1-5H3. The van der Waals surface area contributed by atoms with Crippen LogP contribution in [0.25, 0.3) is 22.2 Å². The third-order valence-electron chi connectivity index (χ3n) is 5.07. The lowest BCUT2D eigenvalue weighted by molar-refractivity contribution is -0.137. The highest BCUT2D eigenvalue weighted by molar-refractivity contribution is 7.92. The summed E-state index contributed by atoms with van der Waals surface area (Å²) in [5, 5.41) is 3.99. The van der Waals surface area contributed by atoms with Gasteiger partial charge in [0.2, 0.25) is 0 Å². The van der Waals surface area contributed by atoms with E-state index < -0.39 is 39.1 Å². The molecule has 14 heteroatoms. The predicted octanol–water partition coefficient (Wildman–Crippen LogP) is 0.348. The van der Waals surface area contributed by atoms with Gasteiger partial charge in [0.15, 0.2) is 5.75 Å². The van der Waals surface area contributed by atoms with E-state index in [1.54, 1.807) is 28.8 Å². The monoisotopic (exact) mass is 493 g/mol. The fourth-order valence-corrected chi connectivity index (χ4v) is 4.37. The van der Waals surface area contributed by atoms with Crippen molar-refractivity contribution in [3.8, 4) is 11.3 Å². The third kappa shape index (κ3) is 4.44. The van der Waals surface area contributed by atoms with Gasteiger partial charge in [-0.05, 0) is 29.7 Å². The van der Waals surface area contributed by atoms with Crippen LogP contribution in [0.5, 0.6) is 0 Å². The minimum absolute atomic E-state index is 0.0696. The van der Waals surface area contributed by atoms with E-state index in [1.165, 1.54) is 12.1 Å². The summed E-state index contributed by atoms with van der Waals surface area (Å²) in [6.45, 7) is 3.79. The number of nitrogens with one attached hydrogen (secondary N) is 1. The van der Waals surface area contributed by atoms with Crippen LogP contribution in [0, 0.1) is 0 Å². The van der Waals surface area contributed by atoms with Crippen molar-refractivity contribution in [2.45, 2.75) is 19.8 Å². The van der Waals surface area contributed by atoms with Gasteiger partial charge >= 0.3 is 17.8 Å². The van der Waals surface area contributed by atoms with Crippen molar-refractivity contribution in [3.63, 3.8) is 0 Å². The van der Waals surface area contributed by atoms with Gasteiger partial charge < -0.3 is 9.47 Å². The number of aryl methyl sites for hydroxylation is 1. The lowest BCUT2D eigenvalue weighted by Gasteiger charge is -2.18. The lowest BCUT2D eigenvalue weighted by atomic mass is 9.93. The molecule has 0 saturated heterocycles. The summed E-state index contributed by atoms with van der Waals surface area (Å²) in [6.07, 6.45) is 0.428. The zero-order valence-electron chi connectivity index (χ0n) is 19.1. The van der Waals surface area contributed by atoms with Gasteiger partial charge in [0.1, 0.15) is 0 Å². The second kappa shape index (κ2) is 9.13. The van der Waals surface area contributed by atoms with Gasteiger partial charge in [-0.1, -0.05) is 13.8 Å². The Bertz CT molecular complexity index is 1510. The average molecular weight is 493 g/mol. The molecule has 1 aromatic carbocycles. The Morgan fingerprint density at radius 3 is 2.35 bits per heavy atom. The Balaban J connectivity index is 2.42. The Morgan fingerprint density at radius 2 is 1.82 bits per heavy atom. The fraction of sp³-hybridized carbons (Fsp3) is 0.350. The van der Waals surface area contributed by atoms with E-state index in [4.69, 9.17) is 4.74 Å². The molecule has 0 spiro atoms. The smallest absolute Gasteiger partial charge is 0.422 e. The first-order chi connectivity index (χ1) is 15.9. The quantitative estimate of drug-likeness (QED) is 0.478. The van der Waals surface area contributed by atoms with Gasteiger partial charge in [0, 0.05) is 18.8 Å². The van der Waals surface area contributed by atoms with E-state index in [0.29, 0.717) is 21.4 Å². The molecule has 0 aliphatic carbocycles. The number of hydrogen-bond donors (Lipinski definition) is 1. The van der Waals surface area contributed by atoms with Crippen LogP contribution in [0.3, 0.4) is 0 Å². The molecule has 13 nitrogen and oxygen atoms in total. The molecule has 0 unspecified atom stereocenters. The molecule has 0 saturated carbocycles. The zero-order chi connectivity index (χ0) is 25.4. The van der Waals surface area contributed by atoms with Crippen LogP contribution in [0.15, 0.2) is 34.0 Å². The molecule has 2 heterocycles. The molecular formula is C20H23N5O8S. The van der Waals surface area contributed by atoms with Crippen LogP contribution in [-0.2, 0) is 31.3 Å². The van der Waals surface area contributed by atoms with Gasteiger partial charge in [0.05, 0.1) is 30.8 Å². The molecule has 0 fully saturated rings. The summed E-state index contributed by atoms with van der Waals surface area (Å²) < 4.78 is 36.0. The third-order valence-corrected chi connectivity index (χ3v) is 6.14. The fourth-order valence-electron chi connectivity index (χ4n) is 3.44. The summed E-state index contributed by atoms with van der Waals surface area (Å²) in [4.78, 5) is 52.0. The molecule has 34 heavy (non-hydrogen) atoms. The first-order valence-electron chi connectivity index (χ1n) is 9.91. The van der Waals surface area contributed by atoms with Crippen molar-refractivity contribution in [2.24, 2.45) is 7.05 Å². The molecule has 182 valence electrons. The van der Waals surface area contributed by atoms with Gasteiger partial charge in [-0.25, -0.2) is 22.8 Å². The minimum atomic E-state index is -4.53. The van der Waals surface area contributed by atoms with Crippen molar-refractivity contribution in [1.29, 1.82) is 0 Å². The van der Waals surface area contributed by atoms with E-state index >= 15 is 0 Å². The molecule has 1 N–H and O–H groups in total. The van der Waals surface area contributed by atoms with Crippen molar-refractivity contribution in [2.75, 3.05) is 24.8 Å². The molecule has 0 amide bonds. The van der Waals surface area contributed by atoms with E-state index in [-0.39, 0.29) is 21.5 Å². The predicted molar refractivity (Wildman–Crippen MR) is 122 cm³/mol. The second-order valence-corrected chi connectivity index (χ2v) is 9.31. The number of rotatable bonds is 6. The van der Waals surface area contributed by atoms with Crippen molar-refractivity contribution >= 4 is 33.0 Å². The van der Waals surface area contributed by atoms with Gasteiger partial charge in [-0.3, -0.25) is 14.3 Å². The summed E-state index contributed by atoms with van der Waals surface area (Å²) in [7, 11) is -0.810. The number of sulfonamides is 1. The minimum Gasteiger partial charge on any atom is -0.468 e. The molecule has 3 aromatic rings. The van der Waals surface area contributed by atoms with Crippen molar-refractivity contribution in [3.05, 3.63) is 50.8 Å². The molecule has 0 aliphatic heterocycles. The number of aromatic nitrogens is 4. The summed E-state index contributed by atoms with van der Waals surface area (Å²) >= 11 is 0. The average Bonchev–Trinajstić information content (AvgIpc) is 3.20. The Kier molecular flexibility index (Phi) is 6.63. The number of hydrogen-bond acceptors (Lipinski definition) is 9. The van der Waals surface area contributed by atoms with Crippen LogP contribution < -0.4 is 16.1 Å². The highest BCUT2D eigenvalue weighted by Crippen LogP contribution is 2.31. The highest BCUT2D eigenvalue weighted by atomic mass is 32.2. The second-order valence-electron chi connectivity index (χ2n) is 7.61. The Morgan fingerprint density at radius 1 is 1.15 bits per heavy atom. The molecule has 3 rings (SSSR count). The number of carbonyl (C=O) groups is 2. The molecule has 0 atom stereocenters. The summed E-state index contributed by atoms with van der Waals surface area (Å²) in [5.74, 6) is -2.36. The van der Waals surface area contributed by atoms with Crippen LogP contribution in [-0.4, -0.2) is 59.5 Å². The molecule has 0 bridgehead atoms. The topological polar surface area (TPSA) is 161 Å². The zero-order valence-corrected chi connectivity index (χ0v) is 19.9. The highest BCUT2D eigenvalue weighted by Gasteiger charge is 2.25. The van der Waals surface area contributed by atoms with Crippen LogP contribution >= 0.6 is 0 Å². The first kappa shape index (κ1) is 24.7. The summed E-state index contributed by atoms with van der Waals surface area (Å²) in [5.41, 5.74) is -0.484. The van der Waals surface area contributed by atoms with Crippen LogP contribution in [0.1, 0.15) is 25.3 Å². The number of nitrogens with zero attached hydrogens (tertiary/aromatic N) is 4. The van der Waals surface area contributed by atoms with Gasteiger partial charge in [-0.15, -0.1) is 0 Å². The maximum Gasteiger partial charge on any atom is 0.422 e. The number of fused-ring (bicyclic) bond motifs is 1. The largest absolute Gasteiger partial charge is 0.468 e. The Hall–Kier alpha value is -3.94. The molecule has 0 radical (unpaired) electrons. The molecular weight excluding hydrogens is 470 g/mol. The Labute approximate surface area is 193 Å². The number of benzene rings is 1. The maximum absolute atomic E-state index is 13.3. The van der Waals surface area contributed by atoms with Crippen LogP contribution in [0.2, 0.25) is 0 Å². The van der Waals surface area contributed by atoms with Crippen molar-refractivity contribution in [1.82, 2.24) is 19.0 Å². The molecule has 0 aliphatic rings. The maximum atomic E-state index is 13.3. The van der Waals surface area contributed by atoms with E-state index in [0.717, 1.165) is 14.2 Å². The molecule has 2 aromatic heterocycles. The van der Waals surface area contributed by atoms with E-state index in [1.807, 2.05) is 13.8 Å². The van der Waals surface area contributed by atoms with Gasteiger partial charge in [-0.2, -0.15) is 14.3 Å². The van der Waals surface area contributed by atoms with E-state index in [2.05, 4.69) is 9.84 Å². The number of carbonyl (C=O) groups excluding carboxylic acids is 2. The van der Waals surface area contributed by atoms with Crippen LogP contribution in [0.4, 0.5) is 4.79 Å². The first-order valence-corrected chi connectivity index (χ1v) is 11.6. The normalized spacial score (nSPS) is 11.6. The SMILES string of the molecule is COC(=O)CS(=O)(=O)Nn1c(=O)c2cc(-c3ccnn3C)c(C(C)C)cc2n(C(=O)OC)c1=O. The lowest BCUT2D eigenvalue weighted by Crippen LogP contribution is -2.49.